The number of imidazole rings is 1. The van der Waals surface area contributed by atoms with Gasteiger partial charge in [0.1, 0.15) is 11.5 Å². The Balaban J connectivity index is 2.25. The van der Waals surface area contributed by atoms with Gasteiger partial charge in [-0.1, -0.05) is 0 Å². The molecule has 0 radical (unpaired) electrons. The van der Waals surface area contributed by atoms with Crippen LogP contribution in [0.3, 0.4) is 0 Å². The quantitative estimate of drug-likeness (QED) is 0.708. The molecule has 0 unspecified atom stereocenters. The van der Waals surface area contributed by atoms with E-state index < -0.39 is 0 Å². The van der Waals surface area contributed by atoms with Gasteiger partial charge in [-0.3, -0.25) is 4.98 Å². The van der Waals surface area contributed by atoms with Crippen molar-refractivity contribution in [2.45, 2.75) is 6.92 Å². The van der Waals surface area contributed by atoms with Crippen molar-refractivity contribution in [2.24, 2.45) is 0 Å². The lowest BCUT2D eigenvalue weighted by Gasteiger charge is -2.01. The summed E-state index contributed by atoms with van der Waals surface area (Å²) < 4.78 is 20.1. The highest BCUT2D eigenvalue weighted by molar-refractivity contribution is 5.66. The number of aryl methyl sites for hydroxylation is 1. The molecule has 3 heterocycles. The minimum Gasteiger partial charge on any atom is -0.493 e. The van der Waals surface area contributed by atoms with E-state index in [0.717, 1.165) is 17.0 Å². The van der Waals surface area contributed by atoms with Crippen LogP contribution < -0.4 is 4.74 Å². The first-order valence-corrected chi connectivity index (χ1v) is 5.84. The number of methoxy groups -OCH3 is 1. The first-order valence-electron chi connectivity index (χ1n) is 5.84. The first kappa shape index (κ1) is 11.6. The van der Waals surface area contributed by atoms with Gasteiger partial charge in [-0.2, -0.15) is 0 Å². The SMILES string of the molecule is COc1cccn2c(C)c(-c3ccc(F)cn3)nc12. The Morgan fingerprint density at radius 1 is 1.26 bits per heavy atom. The van der Waals surface area contributed by atoms with Gasteiger partial charge < -0.3 is 9.14 Å². The van der Waals surface area contributed by atoms with E-state index in [9.17, 15) is 4.39 Å². The molecule has 0 saturated carbocycles. The van der Waals surface area contributed by atoms with Crippen LogP contribution in [0.1, 0.15) is 5.69 Å². The Hall–Kier alpha value is -2.43. The Bertz CT molecular complexity index is 734. The van der Waals surface area contributed by atoms with Crippen molar-refractivity contribution in [1.29, 1.82) is 0 Å². The van der Waals surface area contributed by atoms with Gasteiger partial charge in [-0.05, 0) is 31.2 Å². The normalized spacial score (nSPS) is 10.9. The van der Waals surface area contributed by atoms with E-state index in [4.69, 9.17) is 4.74 Å². The summed E-state index contributed by atoms with van der Waals surface area (Å²) >= 11 is 0. The number of nitrogens with zero attached hydrogens (tertiary/aromatic N) is 3. The summed E-state index contributed by atoms with van der Waals surface area (Å²) in [6, 6.07) is 6.74. The largest absolute Gasteiger partial charge is 0.493 e. The summed E-state index contributed by atoms with van der Waals surface area (Å²) in [5.74, 6) is 0.335. The lowest BCUT2D eigenvalue weighted by molar-refractivity contribution is 0.417. The highest BCUT2D eigenvalue weighted by Gasteiger charge is 2.14. The Labute approximate surface area is 109 Å². The molecule has 0 amide bonds. The van der Waals surface area contributed by atoms with E-state index in [1.54, 1.807) is 13.2 Å². The number of halogens is 1. The zero-order valence-electron chi connectivity index (χ0n) is 10.6. The van der Waals surface area contributed by atoms with Gasteiger partial charge >= 0.3 is 0 Å². The molecule has 3 rings (SSSR count). The number of aromatic nitrogens is 3. The highest BCUT2D eigenvalue weighted by Crippen LogP contribution is 2.26. The van der Waals surface area contributed by atoms with Crippen LogP contribution in [0.2, 0.25) is 0 Å². The van der Waals surface area contributed by atoms with E-state index in [-0.39, 0.29) is 5.82 Å². The number of hydrogen-bond acceptors (Lipinski definition) is 3. The maximum absolute atomic E-state index is 12.9. The summed E-state index contributed by atoms with van der Waals surface area (Å²) in [5.41, 5.74) is 3.03. The average Bonchev–Trinajstić information content (AvgIpc) is 2.77. The van der Waals surface area contributed by atoms with Crippen LogP contribution in [0.15, 0.2) is 36.7 Å². The molecule has 0 fully saturated rings. The number of ether oxygens (including phenoxy) is 1. The van der Waals surface area contributed by atoms with Crippen LogP contribution in [0.4, 0.5) is 4.39 Å². The van der Waals surface area contributed by atoms with E-state index in [2.05, 4.69) is 9.97 Å². The number of pyridine rings is 2. The van der Waals surface area contributed by atoms with Gasteiger partial charge in [0.25, 0.3) is 0 Å². The minimum atomic E-state index is -0.359. The molecule has 0 aliphatic heterocycles. The van der Waals surface area contributed by atoms with E-state index in [1.165, 1.54) is 12.3 Å². The molecule has 4 nitrogen and oxygen atoms in total. The van der Waals surface area contributed by atoms with Crippen molar-refractivity contribution < 1.29 is 9.13 Å². The fourth-order valence-corrected chi connectivity index (χ4v) is 2.08. The molecule has 0 atom stereocenters. The molecule has 0 bridgehead atoms. The predicted octanol–water partition coefficient (Wildman–Crippen LogP) is 2.85. The van der Waals surface area contributed by atoms with Gasteiger partial charge in [-0.25, -0.2) is 9.37 Å². The second-order valence-electron chi connectivity index (χ2n) is 4.18. The molecule has 19 heavy (non-hydrogen) atoms. The molecule has 96 valence electrons. The Morgan fingerprint density at radius 3 is 2.79 bits per heavy atom. The molecule has 0 N–H and O–H groups in total. The monoisotopic (exact) mass is 257 g/mol. The van der Waals surface area contributed by atoms with Gasteiger partial charge in [0.2, 0.25) is 0 Å². The molecular formula is C14H12FN3O. The van der Waals surface area contributed by atoms with Gasteiger partial charge in [0, 0.05) is 11.9 Å². The molecule has 3 aromatic heterocycles. The summed E-state index contributed by atoms with van der Waals surface area (Å²) in [6.45, 7) is 1.94. The summed E-state index contributed by atoms with van der Waals surface area (Å²) in [7, 11) is 1.61. The molecule has 3 aromatic rings. The third kappa shape index (κ3) is 1.83. The van der Waals surface area contributed by atoms with Crippen molar-refractivity contribution in [3.63, 3.8) is 0 Å². The molecule has 0 saturated heterocycles. The lowest BCUT2D eigenvalue weighted by atomic mass is 10.2. The van der Waals surface area contributed by atoms with Crippen molar-refractivity contribution >= 4 is 5.65 Å². The van der Waals surface area contributed by atoms with Crippen molar-refractivity contribution in [3.8, 4) is 17.1 Å². The third-order valence-electron chi connectivity index (χ3n) is 3.04. The fraction of sp³-hybridized carbons (Fsp3) is 0.143. The van der Waals surface area contributed by atoms with Crippen LogP contribution in [-0.2, 0) is 0 Å². The van der Waals surface area contributed by atoms with Gasteiger partial charge in [0.05, 0.1) is 19.0 Å². The average molecular weight is 257 g/mol. The zero-order chi connectivity index (χ0) is 13.4. The zero-order valence-corrected chi connectivity index (χ0v) is 10.6. The second kappa shape index (κ2) is 4.35. The van der Waals surface area contributed by atoms with E-state index in [1.807, 2.05) is 29.7 Å². The van der Waals surface area contributed by atoms with Crippen molar-refractivity contribution in [3.05, 3.63) is 48.2 Å². The number of rotatable bonds is 2. The predicted molar refractivity (Wildman–Crippen MR) is 69.7 cm³/mol. The number of fused-ring (bicyclic) bond motifs is 1. The first-order chi connectivity index (χ1) is 9.20. The van der Waals surface area contributed by atoms with E-state index >= 15 is 0 Å². The summed E-state index contributed by atoms with van der Waals surface area (Å²) in [5, 5.41) is 0. The smallest absolute Gasteiger partial charge is 0.180 e. The van der Waals surface area contributed by atoms with Crippen LogP contribution in [0.25, 0.3) is 17.0 Å². The standard InChI is InChI=1S/C14H12FN3O/c1-9-13(11-6-5-10(15)8-16-11)17-14-12(19-2)4-3-7-18(9)14/h3-8H,1-2H3. The van der Waals surface area contributed by atoms with Crippen LogP contribution in [0, 0.1) is 12.7 Å². The van der Waals surface area contributed by atoms with Crippen LogP contribution >= 0.6 is 0 Å². The maximum atomic E-state index is 12.9. The Morgan fingerprint density at radius 2 is 2.11 bits per heavy atom. The molecule has 0 aliphatic carbocycles. The maximum Gasteiger partial charge on any atom is 0.180 e. The van der Waals surface area contributed by atoms with Crippen molar-refractivity contribution in [2.75, 3.05) is 7.11 Å². The van der Waals surface area contributed by atoms with Crippen molar-refractivity contribution in [1.82, 2.24) is 14.4 Å². The molecule has 0 aromatic carbocycles. The highest BCUT2D eigenvalue weighted by atomic mass is 19.1. The minimum absolute atomic E-state index is 0.359. The fourth-order valence-electron chi connectivity index (χ4n) is 2.08. The Kier molecular flexibility index (Phi) is 2.67. The molecular weight excluding hydrogens is 245 g/mol. The summed E-state index contributed by atoms with van der Waals surface area (Å²) in [6.07, 6.45) is 3.10. The topological polar surface area (TPSA) is 39.4 Å². The lowest BCUT2D eigenvalue weighted by Crippen LogP contribution is -1.91. The second-order valence-corrected chi connectivity index (χ2v) is 4.18. The molecule has 0 aliphatic rings. The van der Waals surface area contributed by atoms with E-state index in [0.29, 0.717) is 11.4 Å². The van der Waals surface area contributed by atoms with Gasteiger partial charge in [0.15, 0.2) is 11.4 Å². The van der Waals surface area contributed by atoms with Gasteiger partial charge in [-0.15, -0.1) is 0 Å². The number of hydrogen-bond donors (Lipinski definition) is 0. The molecule has 0 spiro atoms. The van der Waals surface area contributed by atoms with Crippen LogP contribution in [0.5, 0.6) is 5.75 Å². The van der Waals surface area contributed by atoms with Crippen LogP contribution in [-0.4, -0.2) is 21.5 Å². The third-order valence-corrected chi connectivity index (χ3v) is 3.04. The summed E-state index contributed by atoms with van der Waals surface area (Å²) in [4.78, 5) is 8.60. The molecule has 5 heteroatoms.